The van der Waals surface area contributed by atoms with Gasteiger partial charge in [0, 0.05) is 6.20 Å². The second-order valence-corrected chi connectivity index (χ2v) is 3.39. The standard InChI is InChI=1S/C10H10N2O6/c13-6-1-5(3-11-4-6)9(16)12-7(10(17)18)2-8(14)15/h1,3-4,7,13H,2H2,(H,12,16)(H,14,15)(H,17,18). The van der Waals surface area contributed by atoms with Gasteiger partial charge in [-0.05, 0) is 6.07 Å². The Hall–Kier alpha value is -2.64. The van der Waals surface area contributed by atoms with Crippen molar-refractivity contribution in [3.8, 4) is 5.75 Å². The molecular formula is C10H10N2O6. The van der Waals surface area contributed by atoms with E-state index in [-0.39, 0.29) is 11.3 Å². The molecule has 1 atom stereocenters. The average molecular weight is 254 g/mol. The zero-order valence-corrected chi connectivity index (χ0v) is 9.03. The first-order valence-corrected chi connectivity index (χ1v) is 4.79. The predicted octanol–water partition coefficient (Wildman–Crippen LogP) is -0.555. The molecule has 8 heteroatoms. The van der Waals surface area contributed by atoms with Crippen molar-refractivity contribution < 1.29 is 29.7 Å². The van der Waals surface area contributed by atoms with Crippen molar-refractivity contribution in [3.63, 3.8) is 0 Å². The lowest BCUT2D eigenvalue weighted by atomic mass is 10.2. The molecule has 0 spiro atoms. The number of carbonyl (C=O) groups excluding carboxylic acids is 1. The van der Waals surface area contributed by atoms with E-state index in [4.69, 9.17) is 15.3 Å². The maximum absolute atomic E-state index is 11.6. The number of amides is 1. The van der Waals surface area contributed by atoms with E-state index in [0.717, 1.165) is 18.5 Å². The summed E-state index contributed by atoms with van der Waals surface area (Å²) >= 11 is 0. The van der Waals surface area contributed by atoms with Crippen LogP contribution in [0.5, 0.6) is 5.75 Å². The van der Waals surface area contributed by atoms with Crippen molar-refractivity contribution in [2.45, 2.75) is 12.5 Å². The van der Waals surface area contributed by atoms with Crippen molar-refractivity contribution in [2.75, 3.05) is 0 Å². The molecule has 0 saturated heterocycles. The lowest BCUT2D eigenvalue weighted by Crippen LogP contribution is -2.42. The molecule has 1 aromatic rings. The van der Waals surface area contributed by atoms with Gasteiger partial charge in [-0.15, -0.1) is 0 Å². The van der Waals surface area contributed by atoms with Gasteiger partial charge in [0.25, 0.3) is 5.91 Å². The summed E-state index contributed by atoms with van der Waals surface area (Å²) in [7, 11) is 0. The van der Waals surface area contributed by atoms with Crippen LogP contribution in [0.3, 0.4) is 0 Å². The molecule has 18 heavy (non-hydrogen) atoms. The maximum Gasteiger partial charge on any atom is 0.326 e. The Bertz CT molecular complexity index is 487. The summed E-state index contributed by atoms with van der Waals surface area (Å²) < 4.78 is 0. The lowest BCUT2D eigenvalue weighted by molar-refractivity contribution is -0.145. The molecule has 0 radical (unpaired) electrons. The molecule has 1 unspecified atom stereocenters. The number of carbonyl (C=O) groups is 3. The number of nitrogens with zero attached hydrogens (tertiary/aromatic N) is 1. The van der Waals surface area contributed by atoms with E-state index < -0.39 is 30.3 Å². The van der Waals surface area contributed by atoms with E-state index in [9.17, 15) is 14.4 Å². The van der Waals surface area contributed by atoms with Crippen molar-refractivity contribution >= 4 is 17.8 Å². The molecule has 0 bridgehead atoms. The number of pyridine rings is 1. The summed E-state index contributed by atoms with van der Waals surface area (Å²) in [6.07, 6.45) is 1.48. The van der Waals surface area contributed by atoms with Gasteiger partial charge in [0.1, 0.15) is 11.8 Å². The SMILES string of the molecule is O=C(O)CC(NC(=O)c1cncc(O)c1)C(=O)O. The normalized spacial score (nSPS) is 11.6. The number of hydrogen-bond donors (Lipinski definition) is 4. The van der Waals surface area contributed by atoms with Crippen LogP contribution < -0.4 is 5.32 Å². The molecule has 8 nitrogen and oxygen atoms in total. The number of carboxylic acid groups (broad SMARTS) is 2. The second-order valence-electron chi connectivity index (χ2n) is 3.39. The molecule has 1 heterocycles. The Morgan fingerprint density at radius 1 is 1.28 bits per heavy atom. The first kappa shape index (κ1) is 13.4. The van der Waals surface area contributed by atoms with Crippen LogP contribution in [-0.2, 0) is 9.59 Å². The van der Waals surface area contributed by atoms with Crippen molar-refractivity contribution in [3.05, 3.63) is 24.0 Å². The van der Waals surface area contributed by atoms with Crippen molar-refractivity contribution in [2.24, 2.45) is 0 Å². The highest BCUT2D eigenvalue weighted by molar-refractivity contribution is 5.97. The van der Waals surface area contributed by atoms with Gasteiger partial charge in [0.15, 0.2) is 0 Å². The van der Waals surface area contributed by atoms with Crippen molar-refractivity contribution in [1.82, 2.24) is 10.3 Å². The van der Waals surface area contributed by atoms with Gasteiger partial charge in [-0.3, -0.25) is 14.6 Å². The molecule has 0 aliphatic rings. The van der Waals surface area contributed by atoms with Crippen LogP contribution in [0, 0.1) is 0 Å². The monoisotopic (exact) mass is 254 g/mol. The highest BCUT2D eigenvalue weighted by atomic mass is 16.4. The van der Waals surface area contributed by atoms with Gasteiger partial charge >= 0.3 is 11.9 Å². The molecule has 0 aliphatic heterocycles. The van der Waals surface area contributed by atoms with E-state index in [1.54, 1.807) is 0 Å². The van der Waals surface area contributed by atoms with Crippen LogP contribution in [-0.4, -0.2) is 44.2 Å². The summed E-state index contributed by atoms with van der Waals surface area (Å²) in [6, 6.07) is -0.459. The van der Waals surface area contributed by atoms with Gasteiger partial charge in [0.05, 0.1) is 18.2 Å². The number of carboxylic acids is 2. The number of aromatic nitrogens is 1. The van der Waals surface area contributed by atoms with E-state index >= 15 is 0 Å². The smallest absolute Gasteiger partial charge is 0.326 e. The molecule has 1 aromatic heterocycles. The topological polar surface area (TPSA) is 137 Å². The molecule has 1 rings (SSSR count). The Labute approximate surface area is 101 Å². The largest absolute Gasteiger partial charge is 0.506 e. The molecule has 0 saturated carbocycles. The fourth-order valence-corrected chi connectivity index (χ4v) is 1.17. The van der Waals surface area contributed by atoms with Crippen LogP contribution in [0.2, 0.25) is 0 Å². The predicted molar refractivity (Wildman–Crippen MR) is 57.0 cm³/mol. The molecule has 4 N–H and O–H groups in total. The maximum atomic E-state index is 11.6. The first-order valence-electron chi connectivity index (χ1n) is 4.79. The number of aromatic hydroxyl groups is 1. The average Bonchev–Trinajstić information content (AvgIpc) is 2.27. The number of nitrogens with one attached hydrogen (secondary N) is 1. The van der Waals surface area contributed by atoms with Gasteiger partial charge in [-0.2, -0.15) is 0 Å². The van der Waals surface area contributed by atoms with E-state index in [0.29, 0.717) is 0 Å². The molecule has 0 aromatic carbocycles. The number of aliphatic carboxylic acids is 2. The minimum atomic E-state index is -1.54. The Balaban J connectivity index is 2.78. The number of hydrogen-bond acceptors (Lipinski definition) is 5. The minimum absolute atomic E-state index is 0.0633. The van der Waals surface area contributed by atoms with Gasteiger partial charge < -0.3 is 20.6 Å². The number of rotatable bonds is 5. The van der Waals surface area contributed by atoms with E-state index in [1.807, 2.05) is 5.32 Å². The summed E-state index contributed by atoms with van der Waals surface area (Å²) in [5.41, 5.74) is -0.0633. The van der Waals surface area contributed by atoms with Gasteiger partial charge in [-0.25, -0.2) is 4.79 Å². The van der Waals surface area contributed by atoms with Crippen LogP contribution in [0.4, 0.5) is 0 Å². The summed E-state index contributed by atoms with van der Waals surface area (Å²) in [6.45, 7) is 0. The van der Waals surface area contributed by atoms with Gasteiger partial charge in [0.2, 0.25) is 0 Å². The zero-order valence-electron chi connectivity index (χ0n) is 9.03. The molecule has 96 valence electrons. The highest BCUT2D eigenvalue weighted by Gasteiger charge is 2.23. The highest BCUT2D eigenvalue weighted by Crippen LogP contribution is 2.08. The molecule has 1 amide bonds. The Morgan fingerprint density at radius 2 is 1.94 bits per heavy atom. The Kier molecular flexibility index (Phi) is 4.19. The quantitative estimate of drug-likeness (QED) is 0.553. The van der Waals surface area contributed by atoms with E-state index in [2.05, 4.69) is 4.98 Å². The Morgan fingerprint density at radius 3 is 2.44 bits per heavy atom. The zero-order chi connectivity index (χ0) is 13.7. The third-order valence-corrected chi connectivity index (χ3v) is 1.97. The fraction of sp³-hybridized carbons (Fsp3) is 0.200. The van der Waals surface area contributed by atoms with Crippen LogP contribution >= 0.6 is 0 Å². The van der Waals surface area contributed by atoms with Crippen LogP contribution in [0.1, 0.15) is 16.8 Å². The molecular weight excluding hydrogens is 244 g/mol. The first-order chi connectivity index (χ1) is 8.40. The minimum Gasteiger partial charge on any atom is -0.506 e. The lowest BCUT2D eigenvalue weighted by Gasteiger charge is -2.12. The third kappa shape index (κ3) is 3.74. The van der Waals surface area contributed by atoms with Crippen LogP contribution in [0.25, 0.3) is 0 Å². The summed E-state index contributed by atoms with van der Waals surface area (Å²) in [5.74, 6) is -3.89. The van der Waals surface area contributed by atoms with E-state index in [1.165, 1.54) is 0 Å². The molecule has 0 aliphatic carbocycles. The van der Waals surface area contributed by atoms with Crippen LogP contribution in [0.15, 0.2) is 18.5 Å². The second kappa shape index (κ2) is 5.62. The fourth-order valence-electron chi connectivity index (χ4n) is 1.17. The summed E-state index contributed by atoms with van der Waals surface area (Å²) in [5, 5.41) is 28.3. The molecule has 0 fully saturated rings. The summed E-state index contributed by atoms with van der Waals surface area (Å²) in [4.78, 5) is 36.3. The third-order valence-electron chi connectivity index (χ3n) is 1.97. The van der Waals surface area contributed by atoms with Crippen molar-refractivity contribution in [1.29, 1.82) is 0 Å². The van der Waals surface area contributed by atoms with Gasteiger partial charge in [-0.1, -0.05) is 0 Å².